The van der Waals surface area contributed by atoms with Gasteiger partial charge in [0.2, 0.25) is 0 Å². The Balaban J connectivity index is 1.90. The predicted octanol–water partition coefficient (Wildman–Crippen LogP) is 1.81. The first-order valence-electron chi connectivity index (χ1n) is 9.58. The van der Waals surface area contributed by atoms with Gasteiger partial charge in [0.05, 0.1) is 6.54 Å². The van der Waals surface area contributed by atoms with E-state index in [1.54, 1.807) is 0 Å². The van der Waals surface area contributed by atoms with E-state index >= 15 is 0 Å². The molecule has 2 fully saturated rings. The molecule has 0 aliphatic carbocycles. The molecule has 140 valence electrons. The van der Waals surface area contributed by atoms with Gasteiger partial charge in [-0.15, -0.1) is 0 Å². The highest BCUT2D eigenvalue weighted by Crippen LogP contribution is 2.29. The van der Waals surface area contributed by atoms with Crippen molar-refractivity contribution in [2.75, 3.05) is 64.7 Å². The number of nitrogens with one attached hydrogen (secondary N) is 1. The molecule has 24 heavy (non-hydrogen) atoms. The van der Waals surface area contributed by atoms with Gasteiger partial charge in [-0.2, -0.15) is 11.8 Å². The van der Waals surface area contributed by atoms with Crippen molar-refractivity contribution >= 4 is 17.7 Å². The smallest absolute Gasteiger partial charge is 0.194 e. The van der Waals surface area contributed by atoms with Crippen LogP contribution in [0.2, 0.25) is 0 Å². The molecule has 1 unspecified atom stereocenters. The Kier molecular flexibility index (Phi) is 7.69. The van der Waals surface area contributed by atoms with Crippen molar-refractivity contribution < 1.29 is 0 Å². The number of rotatable bonds is 5. The Bertz CT molecular complexity index is 404. The lowest BCUT2D eigenvalue weighted by atomic mass is 10.2. The topological polar surface area (TPSA) is 34.1 Å². The van der Waals surface area contributed by atoms with Crippen LogP contribution in [-0.2, 0) is 0 Å². The third-order valence-electron chi connectivity index (χ3n) is 5.04. The van der Waals surface area contributed by atoms with E-state index in [1.165, 1.54) is 38.5 Å². The van der Waals surface area contributed by atoms with Crippen molar-refractivity contribution in [1.29, 1.82) is 0 Å². The van der Waals surface area contributed by atoms with Gasteiger partial charge in [-0.25, -0.2) is 0 Å². The minimum absolute atomic E-state index is 0.316. The van der Waals surface area contributed by atoms with Gasteiger partial charge in [0.1, 0.15) is 0 Å². The molecule has 0 radical (unpaired) electrons. The van der Waals surface area contributed by atoms with Crippen molar-refractivity contribution in [3.8, 4) is 0 Å². The largest absolute Gasteiger partial charge is 0.357 e. The summed E-state index contributed by atoms with van der Waals surface area (Å²) in [6.45, 7) is 21.3. The molecule has 2 aliphatic heterocycles. The maximum Gasteiger partial charge on any atom is 0.194 e. The Morgan fingerprint density at radius 2 is 1.88 bits per heavy atom. The highest BCUT2D eigenvalue weighted by atomic mass is 32.2. The molecule has 0 spiro atoms. The first-order chi connectivity index (χ1) is 11.4. The summed E-state index contributed by atoms with van der Waals surface area (Å²) in [4.78, 5) is 12.6. The lowest BCUT2D eigenvalue weighted by Crippen LogP contribution is -2.52. The van der Waals surface area contributed by atoms with E-state index in [0.29, 0.717) is 10.8 Å². The number of piperazine rings is 1. The molecule has 2 aliphatic rings. The van der Waals surface area contributed by atoms with E-state index in [0.717, 1.165) is 32.1 Å². The number of hydrogen-bond donors (Lipinski definition) is 1. The van der Waals surface area contributed by atoms with Gasteiger partial charge in [-0.05, 0) is 34.2 Å². The summed E-state index contributed by atoms with van der Waals surface area (Å²) in [5.41, 5.74) is 0. The standard InChI is InChI=1S/C18H37N5S/c1-6-19-17(23-12-13-24-18(4,5)15-23)20-14-16(3)22-10-8-21(7-2)9-11-22/h16H,6-15H2,1-5H3,(H,19,20). The zero-order chi connectivity index (χ0) is 17.6. The molecule has 2 rings (SSSR count). The molecule has 0 saturated carbocycles. The summed E-state index contributed by atoms with van der Waals surface area (Å²) >= 11 is 2.07. The van der Waals surface area contributed by atoms with Gasteiger partial charge >= 0.3 is 0 Å². The quantitative estimate of drug-likeness (QED) is 0.601. The Labute approximate surface area is 153 Å². The third kappa shape index (κ3) is 5.81. The molecule has 6 heteroatoms. The SMILES string of the molecule is CCNC(=NCC(C)N1CCN(CC)CC1)N1CCSC(C)(C)C1. The molecule has 5 nitrogen and oxygen atoms in total. The van der Waals surface area contributed by atoms with Crippen LogP contribution in [0.25, 0.3) is 0 Å². The predicted molar refractivity (Wildman–Crippen MR) is 107 cm³/mol. The lowest BCUT2D eigenvalue weighted by molar-refractivity contribution is 0.109. The van der Waals surface area contributed by atoms with Crippen molar-refractivity contribution in [2.45, 2.75) is 45.4 Å². The van der Waals surface area contributed by atoms with Crippen LogP contribution in [-0.4, -0.2) is 96.1 Å². The number of nitrogens with zero attached hydrogens (tertiary/aromatic N) is 4. The molecule has 1 atom stereocenters. The van der Waals surface area contributed by atoms with Gasteiger partial charge in [-0.1, -0.05) is 6.92 Å². The van der Waals surface area contributed by atoms with Crippen molar-refractivity contribution in [3.05, 3.63) is 0 Å². The van der Waals surface area contributed by atoms with Crippen molar-refractivity contribution in [3.63, 3.8) is 0 Å². The van der Waals surface area contributed by atoms with E-state index in [2.05, 4.69) is 66.4 Å². The minimum atomic E-state index is 0.316. The number of guanidine groups is 1. The van der Waals surface area contributed by atoms with E-state index in [9.17, 15) is 0 Å². The van der Waals surface area contributed by atoms with Crippen LogP contribution in [0.5, 0.6) is 0 Å². The number of likely N-dealkylation sites (N-methyl/N-ethyl adjacent to an activating group) is 1. The zero-order valence-corrected chi connectivity index (χ0v) is 17.2. The second-order valence-electron chi connectivity index (χ2n) is 7.54. The second kappa shape index (κ2) is 9.30. The fraction of sp³-hybridized carbons (Fsp3) is 0.944. The maximum absolute atomic E-state index is 4.98. The third-order valence-corrected chi connectivity index (χ3v) is 6.34. The summed E-state index contributed by atoms with van der Waals surface area (Å²) in [6, 6.07) is 0.518. The molecular weight excluding hydrogens is 318 g/mol. The summed E-state index contributed by atoms with van der Waals surface area (Å²) in [6.07, 6.45) is 0. The van der Waals surface area contributed by atoms with Crippen molar-refractivity contribution in [2.24, 2.45) is 4.99 Å². The molecule has 0 aromatic heterocycles. The van der Waals surface area contributed by atoms with Crippen LogP contribution in [0, 0.1) is 0 Å². The fourth-order valence-electron chi connectivity index (χ4n) is 3.48. The number of thioether (sulfide) groups is 1. The van der Waals surface area contributed by atoms with Crippen LogP contribution < -0.4 is 5.32 Å². The van der Waals surface area contributed by atoms with Crippen molar-refractivity contribution in [1.82, 2.24) is 20.0 Å². The van der Waals surface area contributed by atoms with E-state index in [4.69, 9.17) is 4.99 Å². The van der Waals surface area contributed by atoms with Gasteiger partial charge in [0, 0.05) is 62.4 Å². The first kappa shape index (κ1) is 19.9. The number of hydrogen-bond acceptors (Lipinski definition) is 4. The fourth-order valence-corrected chi connectivity index (χ4v) is 4.59. The van der Waals surface area contributed by atoms with Crippen LogP contribution in [0.4, 0.5) is 0 Å². The normalized spacial score (nSPS) is 24.9. The van der Waals surface area contributed by atoms with Gasteiger partial charge in [-0.3, -0.25) is 9.89 Å². The second-order valence-corrected chi connectivity index (χ2v) is 9.35. The highest BCUT2D eigenvalue weighted by Gasteiger charge is 2.29. The first-order valence-corrected chi connectivity index (χ1v) is 10.6. The summed E-state index contributed by atoms with van der Waals surface area (Å²) in [7, 11) is 0. The molecule has 2 heterocycles. The molecule has 2 saturated heterocycles. The average molecular weight is 356 g/mol. The average Bonchev–Trinajstić information content (AvgIpc) is 2.57. The number of aliphatic imine (C=N–C) groups is 1. The van der Waals surface area contributed by atoms with Crippen LogP contribution in [0.15, 0.2) is 4.99 Å². The Morgan fingerprint density at radius 1 is 1.17 bits per heavy atom. The maximum atomic E-state index is 4.98. The van der Waals surface area contributed by atoms with Crippen LogP contribution >= 0.6 is 11.8 Å². The summed E-state index contributed by atoms with van der Waals surface area (Å²) in [5, 5.41) is 3.50. The van der Waals surface area contributed by atoms with E-state index < -0.39 is 0 Å². The summed E-state index contributed by atoms with van der Waals surface area (Å²) < 4.78 is 0.316. The molecular formula is C18H37N5S. The van der Waals surface area contributed by atoms with Gasteiger partial charge in [0.25, 0.3) is 0 Å². The Hall–Kier alpha value is -0.460. The van der Waals surface area contributed by atoms with Gasteiger partial charge < -0.3 is 15.1 Å². The molecule has 0 aromatic carbocycles. The van der Waals surface area contributed by atoms with Crippen LogP contribution in [0.3, 0.4) is 0 Å². The zero-order valence-electron chi connectivity index (χ0n) is 16.3. The van der Waals surface area contributed by atoms with Gasteiger partial charge in [0.15, 0.2) is 5.96 Å². The van der Waals surface area contributed by atoms with Crippen LogP contribution in [0.1, 0.15) is 34.6 Å². The molecule has 0 aromatic rings. The summed E-state index contributed by atoms with van der Waals surface area (Å²) in [5.74, 6) is 2.29. The monoisotopic (exact) mass is 355 g/mol. The molecule has 0 amide bonds. The minimum Gasteiger partial charge on any atom is -0.357 e. The highest BCUT2D eigenvalue weighted by molar-refractivity contribution is 8.00. The molecule has 1 N–H and O–H groups in total. The van der Waals surface area contributed by atoms with E-state index in [-0.39, 0.29) is 0 Å². The van der Waals surface area contributed by atoms with E-state index in [1.807, 2.05) is 0 Å². The lowest BCUT2D eigenvalue weighted by Gasteiger charge is -2.40. The molecule has 0 bridgehead atoms. The Morgan fingerprint density at radius 3 is 2.46 bits per heavy atom.